The second-order valence-corrected chi connectivity index (χ2v) is 8.01. The number of likely N-dealkylation sites (tertiary alicyclic amines) is 1. The Balaban J connectivity index is 1.21. The number of hydrogen-bond acceptors (Lipinski definition) is 7. The summed E-state index contributed by atoms with van der Waals surface area (Å²) in [5, 5.41) is 7.41. The van der Waals surface area contributed by atoms with E-state index in [1.165, 1.54) is 24.4 Å². The number of nitrogens with zero attached hydrogens (tertiary/aromatic N) is 4. The molecule has 2 aromatic rings. The van der Waals surface area contributed by atoms with Crippen molar-refractivity contribution in [3.05, 3.63) is 48.2 Å². The van der Waals surface area contributed by atoms with Crippen molar-refractivity contribution in [2.24, 2.45) is 0 Å². The van der Waals surface area contributed by atoms with Crippen molar-refractivity contribution in [3.8, 4) is 0 Å². The molecule has 2 atom stereocenters. The van der Waals surface area contributed by atoms with Gasteiger partial charge in [0.15, 0.2) is 17.9 Å². The molecule has 1 unspecified atom stereocenters. The molecule has 0 spiro atoms. The molecule has 0 bridgehead atoms. The van der Waals surface area contributed by atoms with E-state index in [4.69, 9.17) is 9.57 Å². The van der Waals surface area contributed by atoms with Gasteiger partial charge in [-0.25, -0.2) is 19.7 Å². The summed E-state index contributed by atoms with van der Waals surface area (Å²) in [4.78, 5) is 23.6. The normalized spacial score (nSPS) is 21.8. The van der Waals surface area contributed by atoms with E-state index in [2.05, 4.69) is 25.8 Å². The quantitative estimate of drug-likeness (QED) is 0.452. The van der Waals surface area contributed by atoms with E-state index in [1.807, 2.05) is 16.9 Å². The fraction of sp³-hybridized carbons (Fsp3) is 0.500. The predicted octanol–water partition coefficient (Wildman–Crippen LogP) is 2.19. The van der Waals surface area contributed by atoms with Gasteiger partial charge in [0.25, 0.3) is 5.91 Å². The van der Waals surface area contributed by atoms with Crippen LogP contribution in [0.4, 0.5) is 10.2 Å². The number of halogens is 1. The van der Waals surface area contributed by atoms with Crippen LogP contribution in [0.5, 0.6) is 0 Å². The van der Waals surface area contributed by atoms with Crippen molar-refractivity contribution in [2.45, 2.75) is 44.6 Å². The van der Waals surface area contributed by atoms with Crippen molar-refractivity contribution in [1.82, 2.24) is 25.1 Å². The number of anilines is 1. The number of nitrogens with one attached hydrogen (secondary N) is 2. The van der Waals surface area contributed by atoms with Crippen molar-refractivity contribution < 1.29 is 18.8 Å². The van der Waals surface area contributed by atoms with E-state index in [9.17, 15) is 9.18 Å². The van der Waals surface area contributed by atoms with Gasteiger partial charge in [0.05, 0.1) is 6.54 Å². The van der Waals surface area contributed by atoms with Gasteiger partial charge in [-0.15, -0.1) is 0 Å². The number of aromatic nitrogens is 3. The number of hydrogen-bond donors (Lipinski definition) is 2. The highest BCUT2D eigenvalue weighted by Gasteiger charge is 2.23. The van der Waals surface area contributed by atoms with Crippen molar-refractivity contribution in [1.29, 1.82) is 0 Å². The maximum absolute atomic E-state index is 14.5. The Hall–Kier alpha value is -2.82. The SMILES string of the molecule is O=C(C=Cc1cnc(N[C@@H]2CCN(CCn3cccn3)C2)c(F)c1)NOC1CCCCO1. The molecule has 9 nitrogen and oxygen atoms in total. The zero-order valence-electron chi connectivity index (χ0n) is 18.0. The molecule has 0 saturated carbocycles. The van der Waals surface area contributed by atoms with Crippen LogP contribution in [-0.2, 0) is 20.9 Å². The topological polar surface area (TPSA) is 93.5 Å². The maximum atomic E-state index is 14.5. The number of carbonyl (C=O) groups excluding carboxylic acids is 1. The lowest BCUT2D eigenvalue weighted by Gasteiger charge is -2.21. The van der Waals surface area contributed by atoms with Gasteiger partial charge < -0.3 is 10.1 Å². The second-order valence-electron chi connectivity index (χ2n) is 8.01. The highest BCUT2D eigenvalue weighted by molar-refractivity contribution is 5.90. The number of carbonyl (C=O) groups is 1. The molecule has 2 aliphatic rings. The summed E-state index contributed by atoms with van der Waals surface area (Å²) >= 11 is 0. The highest BCUT2D eigenvalue weighted by atomic mass is 19.1. The van der Waals surface area contributed by atoms with Crippen LogP contribution in [0.25, 0.3) is 6.08 Å². The Kier molecular flexibility index (Phi) is 7.81. The Morgan fingerprint density at radius 1 is 1.34 bits per heavy atom. The Bertz CT molecular complexity index is 901. The second kappa shape index (κ2) is 11.2. The molecular formula is C22H29FN6O3. The zero-order valence-corrected chi connectivity index (χ0v) is 18.0. The summed E-state index contributed by atoms with van der Waals surface area (Å²) in [6, 6.07) is 3.41. The van der Waals surface area contributed by atoms with Gasteiger partial charge in [0.2, 0.25) is 0 Å². The molecular weight excluding hydrogens is 415 g/mol. The van der Waals surface area contributed by atoms with E-state index in [1.54, 1.807) is 6.20 Å². The lowest BCUT2D eigenvalue weighted by molar-refractivity contribution is -0.198. The van der Waals surface area contributed by atoms with Gasteiger partial charge in [-0.05, 0) is 43.0 Å². The standard InChI is InChI=1S/C22H29FN6O3/c23-19-14-17(5-6-20(30)27-32-21-4-1-2-13-31-21)15-24-22(19)26-18-7-10-28(16-18)11-12-29-9-3-8-25-29/h3,5-6,8-9,14-15,18,21H,1-2,4,7,10-13,16H2,(H,24,26)(H,27,30)/t18-,21?/m1/s1. The lowest BCUT2D eigenvalue weighted by atomic mass is 10.2. The third-order valence-corrected chi connectivity index (χ3v) is 5.54. The third-order valence-electron chi connectivity index (χ3n) is 5.54. The van der Waals surface area contributed by atoms with E-state index >= 15 is 0 Å². The molecule has 0 radical (unpaired) electrons. The lowest BCUT2D eigenvalue weighted by Crippen LogP contribution is -2.32. The third kappa shape index (κ3) is 6.59. The first-order chi connectivity index (χ1) is 15.7. The van der Waals surface area contributed by atoms with Gasteiger partial charge in [-0.2, -0.15) is 5.10 Å². The van der Waals surface area contributed by atoms with Crippen LogP contribution < -0.4 is 10.8 Å². The molecule has 172 valence electrons. The number of amides is 1. The first kappa shape index (κ1) is 22.4. The Morgan fingerprint density at radius 3 is 3.06 bits per heavy atom. The van der Waals surface area contributed by atoms with Crippen LogP contribution >= 0.6 is 0 Å². The van der Waals surface area contributed by atoms with Gasteiger partial charge in [0, 0.05) is 63.4 Å². The number of pyridine rings is 1. The predicted molar refractivity (Wildman–Crippen MR) is 117 cm³/mol. The summed E-state index contributed by atoms with van der Waals surface area (Å²) in [6.45, 7) is 4.14. The van der Waals surface area contributed by atoms with E-state index in [0.29, 0.717) is 12.2 Å². The van der Waals surface area contributed by atoms with Crippen LogP contribution in [0.15, 0.2) is 36.8 Å². The van der Waals surface area contributed by atoms with Crippen molar-refractivity contribution >= 4 is 17.8 Å². The largest absolute Gasteiger partial charge is 0.364 e. The monoisotopic (exact) mass is 444 g/mol. The molecule has 2 saturated heterocycles. The molecule has 0 aromatic carbocycles. The average Bonchev–Trinajstić information content (AvgIpc) is 3.49. The molecule has 2 aliphatic heterocycles. The van der Waals surface area contributed by atoms with E-state index < -0.39 is 18.0 Å². The Morgan fingerprint density at radius 2 is 2.28 bits per heavy atom. The van der Waals surface area contributed by atoms with Gasteiger partial charge >= 0.3 is 0 Å². The van der Waals surface area contributed by atoms with Gasteiger partial charge in [-0.3, -0.25) is 14.4 Å². The Labute approximate surface area is 186 Å². The highest BCUT2D eigenvalue weighted by Crippen LogP contribution is 2.18. The van der Waals surface area contributed by atoms with Crippen LogP contribution in [0, 0.1) is 5.82 Å². The van der Waals surface area contributed by atoms with Crippen LogP contribution in [0.1, 0.15) is 31.2 Å². The fourth-order valence-electron chi connectivity index (χ4n) is 3.81. The molecule has 2 fully saturated rings. The molecule has 32 heavy (non-hydrogen) atoms. The number of hydroxylamine groups is 1. The van der Waals surface area contributed by atoms with E-state index in [-0.39, 0.29) is 11.9 Å². The summed E-state index contributed by atoms with van der Waals surface area (Å²) in [6.07, 6.45) is 11.3. The summed E-state index contributed by atoms with van der Waals surface area (Å²) in [7, 11) is 0. The summed E-state index contributed by atoms with van der Waals surface area (Å²) < 4.78 is 21.8. The number of ether oxygens (including phenoxy) is 1. The number of rotatable bonds is 9. The maximum Gasteiger partial charge on any atom is 0.267 e. The molecule has 2 N–H and O–H groups in total. The minimum Gasteiger partial charge on any atom is -0.364 e. The first-order valence-electron chi connectivity index (χ1n) is 11.0. The minimum atomic E-state index is -0.450. The van der Waals surface area contributed by atoms with Crippen LogP contribution in [0.2, 0.25) is 0 Å². The molecule has 1 amide bonds. The van der Waals surface area contributed by atoms with Crippen molar-refractivity contribution in [3.63, 3.8) is 0 Å². The minimum absolute atomic E-state index is 0.140. The first-order valence-corrected chi connectivity index (χ1v) is 11.0. The van der Waals surface area contributed by atoms with Gasteiger partial charge in [-0.1, -0.05) is 0 Å². The van der Waals surface area contributed by atoms with Crippen LogP contribution in [0.3, 0.4) is 0 Å². The zero-order chi connectivity index (χ0) is 22.2. The smallest absolute Gasteiger partial charge is 0.267 e. The van der Waals surface area contributed by atoms with Crippen molar-refractivity contribution in [2.75, 3.05) is 31.6 Å². The van der Waals surface area contributed by atoms with Crippen LogP contribution in [-0.4, -0.2) is 64.1 Å². The molecule has 4 heterocycles. The molecule has 2 aromatic heterocycles. The average molecular weight is 445 g/mol. The van der Waals surface area contributed by atoms with E-state index in [0.717, 1.165) is 51.9 Å². The summed E-state index contributed by atoms with van der Waals surface area (Å²) in [5.74, 6) is -0.666. The molecule has 10 heteroatoms. The summed E-state index contributed by atoms with van der Waals surface area (Å²) in [5.41, 5.74) is 2.82. The molecule has 0 aliphatic carbocycles. The van der Waals surface area contributed by atoms with Gasteiger partial charge in [0.1, 0.15) is 0 Å². The molecule has 4 rings (SSSR count). The fourth-order valence-corrected chi connectivity index (χ4v) is 3.81.